The number of thiophene rings is 1. The number of carboxylic acids is 1. The lowest BCUT2D eigenvalue weighted by molar-refractivity contribution is -0.155. The van der Waals surface area contributed by atoms with Crippen LogP contribution in [-0.2, 0) is 14.4 Å². The SMILES string of the molecule is CC1CC2C(=O)N(C(C(=O)O)c3cccs3)C(=O)C2C1. The summed E-state index contributed by atoms with van der Waals surface area (Å²) in [5, 5.41) is 11.2. The molecule has 2 aliphatic rings. The van der Waals surface area contributed by atoms with Gasteiger partial charge in [-0.25, -0.2) is 4.79 Å². The van der Waals surface area contributed by atoms with Gasteiger partial charge in [-0.15, -0.1) is 11.3 Å². The van der Waals surface area contributed by atoms with Crippen LogP contribution in [0.25, 0.3) is 0 Å². The van der Waals surface area contributed by atoms with E-state index in [9.17, 15) is 19.5 Å². The molecule has 3 unspecified atom stereocenters. The molecule has 106 valence electrons. The lowest BCUT2D eigenvalue weighted by Crippen LogP contribution is -2.39. The maximum absolute atomic E-state index is 12.4. The van der Waals surface area contributed by atoms with Crippen LogP contribution in [0.1, 0.15) is 30.7 Å². The first-order chi connectivity index (χ1) is 9.50. The fourth-order valence-electron chi connectivity index (χ4n) is 3.36. The van der Waals surface area contributed by atoms with E-state index in [0.717, 1.165) is 4.90 Å². The van der Waals surface area contributed by atoms with Gasteiger partial charge in [0, 0.05) is 4.88 Å². The van der Waals surface area contributed by atoms with Crippen LogP contribution in [0.4, 0.5) is 0 Å². The van der Waals surface area contributed by atoms with Crippen LogP contribution in [-0.4, -0.2) is 27.8 Å². The Kier molecular flexibility index (Phi) is 3.12. The minimum atomic E-state index is -1.17. The fourth-order valence-corrected chi connectivity index (χ4v) is 4.17. The van der Waals surface area contributed by atoms with Crippen LogP contribution in [0.3, 0.4) is 0 Å². The van der Waals surface area contributed by atoms with Gasteiger partial charge in [0.2, 0.25) is 11.8 Å². The molecule has 0 aromatic carbocycles. The van der Waals surface area contributed by atoms with E-state index in [0.29, 0.717) is 23.6 Å². The maximum atomic E-state index is 12.4. The summed E-state index contributed by atoms with van der Waals surface area (Å²) in [7, 11) is 0. The van der Waals surface area contributed by atoms with Crippen molar-refractivity contribution in [2.45, 2.75) is 25.8 Å². The van der Waals surface area contributed by atoms with Crippen molar-refractivity contribution in [1.29, 1.82) is 0 Å². The molecule has 1 aromatic heterocycles. The Morgan fingerprint density at radius 1 is 1.35 bits per heavy atom. The summed E-state index contributed by atoms with van der Waals surface area (Å²) in [5.41, 5.74) is 0. The van der Waals surface area contributed by atoms with Gasteiger partial charge in [0.15, 0.2) is 6.04 Å². The van der Waals surface area contributed by atoms with Crippen LogP contribution < -0.4 is 0 Å². The van der Waals surface area contributed by atoms with Crippen LogP contribution in [0.2, 0.25) is 0 Å². The second-order valence-corrected chi connectivity index (χ2v) is 6.57. The molecule has 0 bridgehead atoms. The number of aliphatic carboxylic acids is 1. The molecule has 0 radical (unpaired) electrons. The van der Waals surface area contributed by atoms with Crippen molar-refractivity contribution in [2.24, 2.45) is 17.8 Å². The van der Waals surface area contributed by atoms with E-state index < -0.39 is 12.0 Å². The number of rotatable bonds is 3. The number of carbonyl (C=O) groups is 3. The summed E-state index contributed by atoms with van der Waals surface area (Å²) in [6, 6.07) is 2.21. The minimum absolute atomic E-state index is 0.315. The van der Waals surface area contributed by atoms with Gasteiger partial charge < -0.3 is 5.11 Å². The molecule has 20 heavy (non-hydrogen) atoms. The highest BCUT2D eigenvalue weighted by atomic mass is 32.1. The maximum Gasteiger partial charge on any atom is 0.332 e. The lowest BCUT2D eigenvalue weighted by atomic mass is 10.00. The first-order valence-electron chi connectivity index (χ1n) is 6.63. The largest absolute Gasteiger partial charge is 0.479 e. The Hall–Kier alpha value is -1.69. The van der Waals surface area contributed by atoms with Crippen molar-refractivity contribution in [3.63, 3.8) is 0 Å². The highest BCUT2D eigenvalue weighted by Crippen LogP contribution is 2.45. The molecule has 1 aliphatic carbocycles. The van der Waals surface area contributed by atoms with Gasteiger partial charge in [0.05, 0.1) is 11.8 Å². The zero-order chi connectivity index (χ0) is 14.4. The summed E-state index contributed by atoms with van der Waals surface area (Å²) in [6.07, 6.45) is 1.37. The Balaban J connectivity index is 1.96. The molecular formula is C14H15NO4S. The minimum Gasteiger partial charge on any atom is -0.479 e. The van der Waals surface area contributed by atoms with Gasteiger partial charge >= 0.3 is 5.97 Å². The third-order valence-electron chi connectivity index (χ3n) is 4.21. The summed E-state index contributed by atoms with van der Waals surface area (Å²) in [4.78, 5) is 37.9. The third-order valence-corrected chi connectivity index (χ3v) is 5.14. The van der Waals surface area contributed by atoms with Crippen molar-refractivity contribution in [3.05, 3.63) is 22.4 Å². The fraction of sp³-hybridized carbons (Fsp3) is 0.500. The standard InChI is InChI=1S/C14H15NO4S/c1-7-5-8-9(6-7)13(17)15(12(8)16)11(14(18)19)10-3-2-4-20-10/h2-4,7-9,11H,5-6H2,1H3,(H,18,19). The zero-order valence-corrected chi connectivity index (χ0v) is 11.8. The molecule has 1 aliphatic heterocycles. The Morgan fingerprint density at radius 3 is 2.40 bits per heavy atom. The Bertz CT molecular complexity index is 544. The molecule has 0 spiro atoms. The Labute approximate surface area is 120 Å². The van der Waals surface area contributed by atoms with E-state index in [-0.39, 0.29) is 23.7 Å². The molecule has 2 heterocycles. The Morgan fingerprint density at radius 2 is 1.95 bits per heavy atom. The number of carboxylic acid groups (broad SMARTS) is 1. The number of fused-ring (bicyclic) bond motifs is 1. The van der Waals surface area contributed by atoms with Crippen molar-refractivity contribution < 1.29 is 19.5 Å². The van der Waals surface area contributed by atoms with Crippen molar-refractivity contribution in [2.75, 3.05) is 0 Å². The van der Waals surface area contributed by atoms with E-state index in [4.69, 9.17) is 0 Å². The molecule has 1 saturated heterocycles. The predicted octanol–water partition coefficient (Wildman–Crippen LogP) is 1.90. The number of carbonyl (C=O) groups excluding carboxylic acids is 2. The van der Waals surface area contributed by atoms with Crippen molar-refractivity contribution >= 4 is 29.1 Å². The smallest absolute Gasteiger partial charge is 0.332 e. The van der Waals surface area contributed by atoms with E-state index >= 15 is 0 Å². The third kappa shape index (κ3) is 1.86. The van der Waals surface area contributed by atoms with Gasteiger partial charge in [-0.05, 0) is 30.2 Å². The topological polar surface area (TPSA) is 74.7 Å². The highest BCUT2D eigenvalue weighted by Gasteiger charge is 2.55. The number of likely N-dealkylation sites (tertiary alicyclic amines) is 1. The molecule has 3 rings (SSSR count). The van der Waals surface area contributed by atoms with Crippen LogP contribution in [0.15, 0.2) is 17.5 Å². The first-order valence-corrected chi connectivity index (χ1v) is 7.51. The summed E-state index contributed by atoms with van der Waals surface area (Å²) >= 11 is 1.25. The second kappa shape index (κ2) is 4.70. The molecule has 2 fully saturated rings. The normalized spacial score (nSPS) is 30.6. The number of nitrogens with zero attached hydrogens (tertiary/aromatic N) is 1. The van der Waals surface area contributed by atoms with Crippen LogP contribution in [0, 0.1) is 17.8 Å². The summed E-state index contributed by atoms with van der Waals surface area (Å²) < 4.78 is 0. The lowest BCUT2D eigenvalue weighted by Gasteiger charge is -2.23. The van der Waals surface area contributed by atoms with Crippen LogP contribution in [0.5, 0.6) is 0 Å². The number of imide groups is 1. The van der Waals surface area contributed by atoms with E-state index in [1.54, 1.807) is 17.5 Å². The van der Waals surface area contributed by atoms with E-state index in [1.807, 2.05) is 6.92 Å². The molecule has 3 atom stereocenters. The number of hydrogen-bond donors (Lipinski definition) is 1. The van der Waals surface area contributed by atoms with E-state index in [1.165, 1.54) is 11.3 Å². The molecule has 1 aromatic rings. The van der Waals surface area contributed by atoms with Gasteiger partial charge in [-0.2, -0.15) is 0 Å². The number of amides is 2. The van der Waals surface area contributed by atoms with Crippen LogP contribution >= 0.6 is 11.3 Å². The monoisotopic (exact) mass is 293 g/mol. The van der Waals surface area contributed by atoms with Gasteiger partial charge in [0.1, 0.15) is 0 Å². The highest BCUT2D eigenvalue weighted by molar-refractivity contribution is 7.10. The van der Waals surface area contributed by atoms with Gasteiger partial charge in [0.25, 0.3) is 0 Å². The molecule has 1 saturated carbocycles. The van der Waals surface area contributed by atoms with Gasteiger partial charge in [-0.1, -0.05) is 13.0 Å². The van der Waals surface area contributed by atoms with Gasteiger partial charge in [-0.3, -0.25) is 14.5 Å². The van der Waals surface area contributed by atoms with E-state index in [2.05, 4.69) is 0 Å². The molecule has 1 N–H and O–H groups in total. The second-order valence-electron chi connectivity index (χ2n) is 5.59. The number of hydrogen-bond acceptors (Lipinski definition) is 4. The predicted molar refractivity (Wildman–Crippen MR) is 71.9 cm³/mol. The average Bonchev–Trinajstić information content (AvgIpc) is 3.06. The molecule has 2 amide bonds. The van der Waals surface area contributed by atoms with Crippen molar-refractivity contribution in [1.82, 2.24) is 4.90 Å². The summed E-state index contributed by atoms with van der Waals surface area (Å²) in [6.45, 7) is 2.02. The molecule has 5 nitrogen and oxygen atoms in total. The molecular weight excluding hydrogens is 278 g/mol. The molecule has 6 heteroatoms. The summed E-state index contributed by atoms with van der Waals surface area (Å²) in [5.74, 6) is -2.07. The van der Waals surface area contributed by atoms with Crippen molar-refractivity contribution in [3.8, 4) is 0 Å². The average molecular weight is 293 g/mol. The quantitative estimate of drug-likeness (QED) is 0.864. The zero-order valence-electron chi connectivity index (χ0n) is 11.0. The first kappa shape index (κ1) is 13.3.